The van der Waals surface area contributed by atoms with E-state index in [4.69, 9.17) is 0 Å². The number of nitro benzene ring substituents is 1. The normalized spacial score (nSPS) is 18.2. The first-order valence-electron chi connectivity index (χ1n) is 9.09. The predicted molar refractivity (Wildman–Crippen MR) is 101 cm³/mol. The summed E-state index contributed by atoms with van der Waals surface area (Å²) in [4.78, 5) is 22.5. The first kappa shape index (κ1) is 21.3. The Morgan fingerprint density at radius 2 is 1.96 bits per heavy atom. The highest BCUT2D eigenvalue weighted by molar-refractivity contribution is 7.89. The molecule has 0 radical (unpaired) electrons. The number of nitro groups is 1. The minimum Gasteiger partial charge on any atom is -0.355 e. The minimum absolute atomic E-state index is 0.00192. The monoisotopic (exact) mass is 398 g/mol. The number of piperidine rings is 1. The van der Waals surface area contributed by atoms with E-state index in [-0.39, 0.29) is 23.0 Å². The highest BCUT2D eigenvalue weighted by atomic mass is 32.2. The Balaban J connectivity index is 1.97. The van der Waals surface area contributed by atoms with Crippen molar-refractivity contribution < 1.29 is 18.1 Å². The second kappa shape index (κ2) is 9.77. The molecule has 2 N–H and O–H groups in total. The van der Waals surface area contributed by atoms with Crippen LogP contribution in [0.5, 0.6) is 0 Å². The number of sulfonamides is 1. The maximum Gasteiger partial charge on any atom is 0.269 e. The average molecular weight is 398 g/mol. The van der Waals surface area contributed by atoms with E-state index in [9.17, 15) is 23.3 Å². The molecule has 1 fully saturated rings. The van der Waals surface area contributed by atoms with Gasteiger partial charge in [0.05, 0.1) is 15.7 Å². The van der Waals surface area contributed by atoms with Gasteiger partial charge in [-0.2, -0.15) is 4.31 Å². The van der Waals surface area contributed by atoms with Crippen LogP contribution in [0.1, 0.15) is 26.2 Å². The van der Waals surface area contributed by atoms with Gasteiger partial charge in [0.15, 0.2) is 0 Å². The van der Waals surface area contributed by atoms with Crippen molar-refractivity contribution in [2.75, 3.05) is 32.7 Å². The predicted octanol–water partition coefficient (Wildman–Crippen LogP) is 1.11. The van der Waals surface area contributed by atoms with Crippen molar-refractivity contribution in [1.29, 1.82) is 0 Å². The number of hydrogen-bond acceptors (Lipinski definition) is 6. The third kappa shape index (κ3) is 5.72. The van der Waals surface area contributed by atoms with Gasteiger partial charge in [-0.05, 0) is 37.9 Å². The van der Waals surface area contributed by atoms with E-state index in [0.29, 0.717) is 32.5 Å². The number of carbonyl (C=O) groups is 1. The van der Waals surface area contributed by atoms with Crippen LogP contribution in [0.4, 0.5) is 5.69 Å². The summed E-state index contributed by atoms with van der Waals surface area (Å²) >= 11 is 0. The van der Waals surface area contributed by atoms with Gasteiger partial charge in [-0.15, -0.1) is 0 Å². The first-order chi connectivity index (χ1) is 12.9. The molecule has 1 aliphatic rings. The third-order valence-electron chi connectivity index (χ3n) is 4.47. The summed E-state index contributed by atoms with van der Waals surface area (Å²) in [6.07, 6.45) is 2.25. The molecule has 0 spiro atoms. The van der Waals surface area contributed by atoms with E-state index < -0.39 is 20.9 Å². The Hall–Kier alpha value is -2.04. The summed E-state index contributed by atoms with van der Waals surface area (Å²) in [5.74, 6) is -0.533. The standard InChI is InChI=1S/C17H26N4O5S/c1-2-9-18-10-11-19-17(22)14-4-3-12-20(13-14)27(25,26)16-7-5-15(6-8-16)21(23)24/h5-8,14,18H,2-4,9-13H2,1H3,(H,19,22). The largest absolute Gasteiger partial charge is 0.355 e. The highest BCUT2D eigenvalue weighted by Gasteiger charge is 2.33. The molecule has 1 aromatic rings. The zero-order valence-corrected chi connectivity index (χ0v) is 16.2. The maximum absolute atomic E-state index is 12.8. The molecule has 0 aliphatic carbocycles. The molecule has 1 saturated heterocycles. The number of rotatable bonds is 9. The van der Waals surface area contributed by atoms with Gasteiger partial charge in [0.2, 0.25) is 15.9 Å². The van der Waals surface area contributed by atoms with Crippen LogP contribution in [0.2, 0.25) is 0 Å². The summed E-state index contributed by atoms with van der Waals surface area (Å²) in [7, 11) is -3.79. The summed E-state index contributed by atoms with van der Waals surface area (Å²) in [6.45, 7) is 4.59. The fourth-order valence-corrected chi connectivity index (χ4v) is 4.51. The van der Waals surface area contributed by atoms with Crippen molar-refractivity contribution in [3.05, 3.63) is 34.4 Å². The summed E-state index contributed by atoms with van der Waals surface area (Å²) < 4.78 is 26.9. The van der Waals surface area contributed by atoms with Crippen molar-refractivity contribution in [2.45, 2.75) is 31.1 Å². The number of hydrogen-bond donors (Lipinski definition) is 2. The molecule has 1 amide bonds. The number of carbonyl (C=O) groups excluding carboxylic acids is 1. The van der Waals surface area contributed by atoms with Crippen LogP contribution >= 0.6 is 0 Å². The van der Waals surface area contributed by atoms with Crippen molar-refractivity contribution in [1.82, 2.24) is 14.9 Å². The topological polar surface area (TPSA) is 122 Å². The smallest absolute Gasteiger partial charge is 0.269 e. The number of amides is 1. The molecule has 1 atom stereocenters. The minimum atomic E-state index is -3.79. The van der Waals surface area contributed by atoms with E-state index in [1.165, 1.54) is 28.6 Å². The number of nitrogens with one attached hydrogen (secondary N) is 2. The molecule has 10 heteroatoms. The van der Waals surface area contributed by atoms with Crippen LogP contribution in [0.15, 0.2) is 29.2 Å². The molecule has 150 valence electrons. The lowest BCUT2D eigenvalue weighted by Crippen LogP contribution is -2.46. The lowest BCUT2D eigenvalue weighted by atomic mass is 9.99. The molecule has 1 aliphatic heterocycles. The second-order valence-corrected chi connectivity index (χ2v) is 8.43. The van der Waals surface area contributed by atoms with Gasteiger partial charge in [0.25, 0.3) is 5.69 Å². The van der Waals surface area contributed by atoms with Crippen LogP contribution in [0.25, 0.3) is 0 Å². The second-order valence-electron chi connectivity index (χ2n) is 6.49. The lowest BCUT2D eigenvalue weighted by molar-refractivity contribution is -0.384. The SMILES string of the molecule is CCCNCCNC(=O)C1CCCN(S(=O)(=O)c2ccc([N+](=O)[O-])cc2)C1. The molecule has 1 aromatic carbocycles. The van der Waals surface area contributed by atoms with Gasteiger partial charge in [0.1, 0.15) is 0 Å². The van der Waals surface area contributed by atoms with Gasteiger partial charge in [0, 0.05) is 38.3 Å². The van der Waals surface area contributed by atoms with Crippen molar-refractivity contribution in [2.24, 2.45) is 5.92 Å². The summed E-state index contributed by atoms with van der Waals surface area (Å²) in [5.41, 5.74) is -0.165. The Bertz CT molecular complexity index is 751. The molecule has 27 heavy (non-hydrogen) atoms. The Morgan fingerprint density at radius 3 is 2.59 bits per heavy atom. The zero-order valence-electron chi connectivity index (χ0n) is 15.4. The Labute approximate surface area is 159 Å². The Kier molecular flexibility index (Phi) is 7.69. The van der Waals surface area contributed by atoms with Gasteiger partial charge in [-0.25, -0.2) is 8.42 Å². The number of non-ortho nitro benzene ring substituents is 1. The molecule has 0 bridgehead atoms. The summed E-state index contributed by atoms with van der Waals surface area (Å²) in [5, 5.41) is 16.8. The molecule has 2 rings (SSSR count). The van der Waals surface area contributed by atoms with Crippen LogP contribution in [0.3, 0.4) is 0 Å². The van der Waals surface area contributed by atoms with Gasteiger partial charge < -0.3 is 10.6 Å². The molecular formula is C17H26N4O5S. The van der Waals surface area contributed by atoms with E-state index in [0.717, 1.165) is 13.0 Å². The van der Waals surface area contributed by atoms with Crippen LogP contribution in [0, 0.1) is 16.0 Å². The van der Waals surface area contributed by atoms with E-state index in [1.807, 2.05) is 0 Å². The third-order valence-corrected chi connectivity index (χ3v) is 6.35. The molecule has 0 aromatic heterocycles. The van der Waals surface area contributed by atoms with Crippen molar-refractivity contribution >= 4 is 21.6 Å². The van der Waals surface area contributed by atoms with E-state index >= 15 is 0 Å². The number of nitrogens with zero attached hydrogens (tertiary/aromatic N) is 2. The fourth-order valence-electron chi connectivity index (χ4n) is 2.98. The van der Waals surface area contributed by atoms with Crippen molar-refractivity contribution in [3.63, 3.8) is 0 Å². The lowest BCUT2D eigenvalue weighted by Gasteiger charge is -2.31. The fraction of sp³-hybridized carbons (Fsp3) is 0.588. The van der Waals surface area contributed by atoms with Crippen molar-refractivity contribution in [3.8, 4) is 0 Å². The van der Waals surface area contributed by atoms with Gasteiger partial charge >= 0.3 is 0 Å². The maximum atomic E-state index is 12.8. The van der Waals surface area contributed by atoms with E-state index in [2.05, 4.69) is 17.6 Å². The molecule has 1 heterocycles. The highest BCUT2D eigenvalue weighted by Crippen LogP contribution is 2.25. The molecule has 1 unspecified atom stereocenters. The van der Waals surface area contributed by atoms with Crippen LogP contribution in [-0.4, -0.2) is 56.3 Å². The van der Waals surface area contributed by atoms with Gasteiger partial charge in [-0.3, -0.25) is 14.9 Å². The average Bonchev–Trinajstić information content (AvgIpc) is 2.67. The van der Waals surface area contributed by atoms with Crippen LogP contribution < -0.4 is 10.6 Å². The Morgan fingerprint density at radius 1 is 1.26 bits per heavy atom. The van der Waals surface area contributed by atoms with Gasteiger partial charge in [-0.1, -0.05) is 6.92 Å². The molecule has 0 saturated carbocycles. The molecular weight excluding hydrogens is 372 g/mol. The van der Waals surface area contributed by atoms with Crippen LogP contribution in [-0.2, 0) is 14.8 Å². The first-order valence-corrected chi connectivity index (χ1v) is 10.5. The molecule has 9 nitrogen and oxygen atoms in total. The van der Waals surface area contributed by atoms with E-state index in [1.54, 1.807) is 0 Å². The quantitative estimate of drug-likeness (QED) is 0.365. The number of benzene rings is 1. The zero-order chi connectivity index (χ0) is 19.9. The summed E-state index contributed by atoms with van der Waals surface area (Å²) in [6, 6.07) is 4.81.